The van der Waals surface area contributed by atoms with Crippen LogP contribution in [0.4, 0.5) is 0 Å². The van der Waals surface area contributed by atoms with Crippen LogP contribution in [-0.2, 0) is 4.79 Å². The van der Waals surface area contributed by atoms with Crippen molar-refractivity contribution in [2.45, 2.75) is 39.7 Å². The molecule has 1 aliphatic heterocycles. The number of thiazole rings is 1. The third-order valence-corrected chi connectivity index (χ3v) is 6.04. The number of likely N-dealkylation sites (tertiary alicyclic amines) is 1. The van der Waals surface area contributed by atoms with Crippen molar-refractivity contribution in [3.05, 3.63) is 34.6 Å². The first kappa shape index (κ1) is 19.6. The number of carbonyl (C=O) groups is 2. The molecule has 2 aromatic heterocycles. The Labute approximate surface area is 163 Å². The van der Waals surface area contributed by atoms with Crippen LogP contribution in [0.15, 0.2) is 17.6 Å². The molecule has 1 aliphatic rings. The van der Waals surface area contributed by atoms with Gasteiger partial charge < -0.3 is 10.0 Å². The van der Waals surface area contributed by atoms with Crippen LogP contribution in [0.25, 0.3) is 5.13 Å². The molecule has 0 unspecified atom stereocenters. The van der Waals surface area contributed by atoms with E-state index < -0.39 is 5.97 Å². The fourth-order valence-corrected chi connectivity index (χ4v) is 4.63. The number of carboxylic acid groups (broad SMARTS) is 1. The molecule has 3 rings (SSSR count). The molecule has 0 spiro atoms. The Morgan fingerprint density at radius 1 is 1.33 bits per heavy atom. The zero-order chi connectivity index (χ0) is 19.6. The Morgan fingerprint density at radius 2 is 2.04 bits per heavy atom. The zero-order valence-corrected chi connectivity index (χ0v) is 16.8. The average molecular weight is 391 g/mol. The summed E-state index contributed by atoms with van der Waals surface area (Å²) in [5.41, 5.74) is 2.63. The molecule has 0 aromatic carbocycles. The molecule has 1 N–H and O–H groups in total. The molecule has 27 heavy (non-hydrogen) atoms. The fourth-order valence-electron chi connectivity index (χ4n) is 3.88. The number of carboxylic acids is 1. The van der Waals surface area contributed by atoms with Gasteiger partial charge in [-0.25, -0.2) is 4.98 Å². The highest BCUT2D eigenvalue weighted by atomic mass is 32.1. The second-order valence-electron chi connectivity index (χ2n) is 6.92. The van der Waals surface area contributed by atoms with E-state index in [1.807, 2.05) is 46.6 Å². The van der Waals surface area contributed by atoms with Crippen LogP contribution in [0.2, 0.25) is 0 Å². The number of rotatable bonds is 6. The number of nitrogens with zero attached hydrogens (tertiary/aromatic N) is 4. The number of hydrogen-bond acceptors (Lipinski definition) is 5. The van der Waals surface area contributed by atoms with Gasteiger partial charge in [-0.2, -0.15) is 0 Å². The number of amides is 1. The maximum Gasteiger partial charge on any atom is 0.317 e. The highest BCUT2D eigenvalue weighted by molar-refractivity contribution is 7.12. The Bertz CT molecular complexity index is 807. The maximum atomic E-state index is 13.1. The predicted molar refractivity (Wildman–Crippen MR) is 105 cm³/mol. The van der Waals surface area contributed by atoms with Crippen molar-refractivity contribution in [3.63, 3.8) is 0 Å². The van der Waals surface area contributed by atoms with Gasteiger partial charge in [0.05, 0.1) is 12.1 Å². The molecule has 2 aromatic rings. The monoisotopic (exact) mass is 390 g/mol. The molecule has 7 nitrogen and oxygen atoms in total. The topological polar surface area (TPSA) is 78.7 Å². The third-order valence-electron chi connectivity index (χ3n) is 5.28. The number of hydrogen-bond donors (Lipinski definition) is 1. The van der Waals surface area contributed by atoms with Gasteiger partial charge in [0.25, 0.3) is 5.91 Å². The Morgan fingerprint density at radius 3 is 2.59 bits per heavy atom. The van der Waals surface area contributed by atoms with Crippen molar-refractivity contribution in [2.75, 3.05) is 26.2 Å². The van der Waals surface area contributed by atoms with Gasteiger partial charge in [0.15, 0.2) is 5.13 Å². The molecule has 3 heterocycles. The lowest BCUT2D eigenvalue weighted by Crippen LogP contribution is -2.48. The van der Waals surface area contributed by atoms with Gasteiger partial charge in [-0.1, -0.05) is 6.92 Å². The minimum absolute atomic E-state index is 0.0469. The van der Waals surface area contributed by atoms with Crippen molar-refractivity contribution < 1.29 is 14.7 Å². The van der Waals surface area contributed by atoms with Gasteiger partial charge in [0, 0.05) is 42.1 Å². The van der Waals surface area contributed by atoms with Crippen molar-refractivity contribution in [1.29, 1.82) is 0 Å². The normalized spacial score (nSPS) is 15.5. The Kier molecular flexibility index (Phi) is 5.96. The number of likely N-dealkylation sites (N-methyl/N-ethyl adjacent to an activating group) is 1. The number of aryl methyl sites for hydroxylation is 1. The summed E-state index contributed by atoms with van der Waals surface area (Å²) >= 11 is 1.55. The van der Waals surface area contributed by atoms with E-state index in [1.165, 1.54) is 0 Å². The summed E-state index contributed by atoms with van der Waals surface area (Å²) in [4.78, 5) is 32.3. The van der Waals surface area contributed by atoms with Gasteiger partial charge in [0.1, 0.15) is 0 Å². The molecule has 1 fully saturated rings. The maximum absolute atomic E-state index is 13.1. The van der Waals surface area contributed by atoms with Crippen LogP contribution in [0.1, 0.15) is 41.5 Å². The molecule has 0 saturated carbocycles. The first-order valence-corrected chi connectivity index (χ1v) is 10.1. The first-order valence-electron chi connectivity index (χ1n) is 9.26. The lowest BCUT2D eigenvalue weighted by atomic mass is 10.0. The number of piperidine rings is 1. The van der Waals surface area contributed by atoms with Gasteiger partial charge in [-0.15, -0.1) is 11.3 Å². The van der Waals surface area contributed by atoms with Crippen LogP contribution in [0.3, 0.4) is 0 Å². The Hall–Kier alpha value is -2.19. The summed E-state index contributed by atoms with van der Waals surface area (Å²) in [7, 11) is 0. The van der Waals surface area contributed by atoms with Crippen LogP contribution in [0.5, 0.6) is 0 Å². The van der Waals surface area contributed by atoms with Crippen molar-refractivity contribution in [3.8, 4) is 5.13 Å². The van der Waals surface area contributed by atoms with Crippen LogP contribution >= 0.6 is 11.3 Å². The number of carbonyl (C=O) groups excluding carboxylic acids is 1. The van der Waals surface area contributed by atoms with E-state index in [0.29, 0.717) is 19.6 Å². The molecule has 1 amide bonds. The highest BCUT2D eigenvalue weighted by Gasteiger charge is 2.29. The first-order chi connectivity index (χ1) is 12.9. The van der Waals surface area contributed by atoms with Crippen LogP contribution in [-0.4, -0.2) is 68.6 Å². The molecule has 0 aliphatic carbocycles. The molecule has 0 atom stereocenters. The van der Waals surface area contributed by atoms with Gasteiger partial charge >= 0.3 is 5.97 Å². The molecule has 0 radical (unpaired) electrons. The molecular formula is C19H26N4O3S. The van der Waals surface area contributed by atoms with E-state index in [0.717, 1.165) is 34.9 Å². The summed E-state index contributed by atoms with van der Waals surface area (Å²) in [6, 6.07) is 2.16. The summed E-state index contributed by atoms with van der Waals surface area (Å²) in [6.45, 7) is 8.00. The fraction of sp³-hybridized carbons (Fsp3) is 0.526. The van der Waals surface area contributed by atoms with Crippen molar-refractivity contribution >= 4 is 23.2 Å². The van der Waals surface area contributed by atoms with Crippen LogP contribution in [0, 0.1) is 13.8 Å². The second kappa shape index (κ2) is 8.22. The molecular weight excluding hydrogens is 364 g/mol. The SMILES string of the molecule is CCN(CC(=O)O)C1CCN(C(=O)c2cc(C)n(-c3nccs3)c2C)CC1. The standard InChI is InChI=1S/C19H26N4O3S/c1-4-21(12-17(24)25)15-5-8-22(9-6-15)18(26)16-11-13(2)23(14(16)3)19-20-7-10-27-19/h7,10-11,15H,4-6,8-9,12H2,1-3H3,(H,24,25). The third kappa shape index (κ3) is 4.06. The molecule has 1 saturated heterocycles. The number of aromatic nitrogens is 2. The lowest BCUT2D eigenvalue weighted by Gasteiger charge is -2.37. The van der Waals surface area contributed by atoms with Gasteiger partial charge in [0.2, 0.25) is 0 Å². The number of aliphatic carboxylic acids is 1. The minimum atomic E-state index is -0.801. The van der Waals surface area contributed by atoms with E-state index in [-0.39, 0.29) is 18.5 Å². The largest absolute Gasteiger partial charge is 0.480 e. The minimum Gasteiger partial charge on any atom is -0.480 e. The summed E-state index contributed by atoms with van der Waals surface area (Å²) in [5, 5.41) is 11.9. The van der Waals surface area contributed by atoms with Crippen LogP contribution < -0.4 is 0 Å². The summed E-state index contributed by atoms with van der Waals surface area (Å²) < 4.78 is 2.02. The van der Waals surface area contributed by atoms with E-state index in [9.17, 15) is 9.59 Å². The van der Waals surface area contributed by atoms with E-state index in [4.69, 9.17) is 5.11 Å². The predicted octanol–water partition coefficient (Wildman–Crippen LogP) is 2.56. The van der Waals surface area contributed by atoms with Gasteiger partial charge in [-0.05, 0) is 39.3 Å². The summed E-state index contributed by atoms with van der Waals surface area (Å²) in [5.74, 6) is -0.754. The highest BCUT2D eigenvalue weighted by Crippen LogP contribution is 2.25. The lowest BCUT2D eigenvalue weighted by molar-refractivity contribution is -0.139. The quantitative estimate of drug-likeness (QED) is 0.820. The van der Waals surface area contributed by atoms with E-state index in [2.05, 4.69) is 4.98 Å². The van der Waals surface area contributed by atoms with Crippen molar-refractivity contribution in [2.24, 2.45) is 0 Å². The smallest absolute Gasteiger partial charge is 0.317 e. The summed E-state index contributed by atoms with van der Waals surface area (Å²) in [6.07, 6.45) is 3.37. The molecule has 8 heteroatoms. The molecule has 146 valence electrons. The van der Waals surface area contributed by atoms with Crippen molar-refractivity contribution in [1.82, 2.24) is 19.4 Å². The zero-order valence-electron chi connectivity index (χ0n) is 16.0. The Balaban J connectivity index is 1.70. The van der Waals surface area contributed by atoms with E-state index >= 15 is 0 Å². The second-order valence-corrected chi connectivity index (χ2v) is 7.79. The van der Waals surface area contributed by atoms with E-state index in [1.54, 1.807) is 17.5 Å². The van der Waals surface area contributed by atoms with Gasteiger partial charge in [-0.3, -0.25) is 19.1 Å². The average Bonchev–Trinajstić information content (AvgIpc) is 3.27. The molecule has 0 bridgehead atoms.